The van der Waals surface area contributed by atoms with Crippen LogP contribution in [0.2, 0.25) is 0 Å². The van der Waals surface area contributed by atoms with E-state index < -0.39 is 23.9 Å². The minimum Gasteiger partial charge on any atom is -0.424 e. The fourth-order valence-corrected chi connectivity index (χ4v) is 3.25. The summed E-state index contributed by atoms with van der Waals surface area (Å²) in [4.78, 5) is 15.7. The number of nitriles is 2. The van der Waals surface area contributed by atoms with Crippen molar-refractivity contribution < 1.29 is 17.9 Å². The lowest BCUT2D eigenvalue weighted by atomic mass is 9.94. The van der Waals surface area contributed by atoms with Crippen molar-refractivity contribution in [2.24, 2.45) is 4.99 Å². The third kappa shape index (κ3) is 4.03. The van der Waals surface area contributed by atoms with Crippen LogP contribution in [0.25, 0.3) is 0 Å². The van der Waals surface area contributed by atoms with Crippen molar-refractivity contribution in [2.75, 3.05) is 16.8 Å². The zero-order valence-corrected chi connectivity index (χ0v) is 16.9. The normalized spacial score (nSPS) is 14.6. The highest BCUT2D eigenvalue weighted by molar-refractivity contribution is 5.98. The summed E-state index contributed by atoms with van der Waals surface area (Å²) in [7, 11) is 0. The second kappa shape index (κ2) is 8.44. The molecule has 6 N–H and O–H groups in total. The maximum atomic E-state index is 13.0. The van der Waals surface area contributed by atoms with E-state index in [9.17, 15) is 18.4 Å². The Morgan fingerprint density at radius 1 is 1.12 bits per heavy atom. The molecule has 0 aliphatic carbocycles. The molecule has 34 heavy (non-hydrogen) atoms. The summed E-state index contributed by atoms with van der Waals surface area (Å²) >= 11 is 0. The van der Waals surface area contributed by atoms with E-state index in [0.29, 0.717) is 11.6 Å². The molecule has 11 nitrogen and oxygen atoms in total. The summed E-state index contributed by atoms with van der Waals surface area (Å²) < 4.78 is 44.7. The fourth-order valence-electron chi connectivity index (χ4n) is 3.25. The Morgan fingerprint density at radius 2 is 1.88 bits per heavy atom. The molecule has 14 heteroatoms. The lowest BCUT2D eigenvalue weighted by molar-refractivity contribution is -0.141. The topological polar surface area (TPSA) is 184 Å². The third-order valence-electron chi connectivity index (χ3n) is 4.70. The van der Waals surface area contributed by atoms with Gasteiger partial charge in [0.25, 0.3) is 0 Å². The van der Waals surface area contributed by atoms with E-state index in [1.165, 1.54) is 6.07 Å². The Hall–Kier alpha value is -5.11. The molecule has 1 atom stereocenters. The average Bonchev–Trinajstić information content (AvgIpc) is 2.79. The number of nitrogens with zero attached hydrogens (tertiary/aromatic N) is 6. The molecule has 170 valence electrons. The van der Waals surface area contributed by atoms with Gasteiger partial charge in [-0.15, -0.1) is 0 Å². The molecule has 2 aromatic heterocycles. The lowest BCUT2D eigenvalue weighted by Gasteiger charge is -2.27. The number of hydrogen-bond donors (Lipinski definition) is 4. The number of fused-ring (bicyclic) bond motifs is 1. The Labute approximate surface area is 189 Å². The van der Waals surface area contributed by atoms with Crippen molar-refractivity contribution in [3.8, 4) is 24.0 Å². The number of ether oxygens (including phenoxy) is 1. The molecule has 1 unspecified atom stereocenters. The Balaban J connectivity index is 1.85. The number of hydrogen-bond acceptors (Lipinski definition) is 11. The first kappa shape index (κ1) is 22.1. The van der Waals surface area contributed by atoms with Crippen LogP contribution in [0.3, 0.4) is 0 Å². The van der Waals surface area contributed by atoms with Crippen LogP contribution in [0, 0.1) is 22.8 Å². The van der Waals surface area contributed by atoms with Crippen molar-refractivity contribution in [1.29, 1.82) is 10.5 Å². The summed E-state index contributed by atoms with van der Waals surface area (Å²) in [5, 5.41) is 23.6. The number of nitrogens with one attached hydrogen (secondary N) is 2. The number of pyridine rings is 1. The summed E-state index contributed by atoms with van der Waals surface area (Å²) in [5.74, 6) is 0.0672. The smallest absolute Gasteiger partial charge is 0.424 e. The van der Waals surface area contributed by atoms with E-state index in [-0.39, 0.29) is 40.2 Å². The number of guanidine groups is 1. The van der Waals surface area contributed by atoms with Crippen LogP contribution in [0.5, 0.6) is 11.8 Å². The number of halogens is 3. The number of rotatable bonds is 3. The first-order valence-corrected chi connectivity index (χ1v) is 9.38. The minimum absolute atomic E-state index is 0.00105. The fraction of sp³-hybridized carbons (Fsp3) is 0.100. The first-order chi connectivity index (χ1) is 16.2. The number of aliphatic imine (C=N–C) groups is 1. The van der Waals surface area contributed by atoms with Gasteiger partial charge in [-0.1, -0.05) is 18.2 Å². The van der Waals surface area contributed by atoms with Gasteiger partial charge in [-0.25, -0.2) is 15.0 Å². The van der Waals surface area contributed by atoms with Crippen molar-refractivity contribution in [3.63, 3.8) is 0 Å². The molecule has 0 fully saturated rings. The summed E-state index contributed by atoms with van der Waals surface area (Å²) in [5.41, 5.74) is 11.4. The van der Waals surface area contributed by atoms with Crippen LogP contribution < -0.4 is 26.8 Å². The highest BCUT2D eigenvalue weighted by atomic mass is 19.4. The third-order valence-corrected chi connectivity index (χ3v) is 4.70. The van der Waals surface area contributed by atoms with Gasteiger partial charge in [0, 0.05) is 17.3 Å². The van der Waals surface area contributed by atoms with E-state index in [1.807, 2.05) is 6.07 Å². The lowest BCUT2D eigenvalue weighted by Crippen LogP contribution is -2.32. The molecular formula is C20H13F3N10O. The van der Waals surface area contributed by atoms with E-state index in [4.69, 9.17) is 21.5 Å². The zero-order valence-electron chi connectivity index (χ0n) is 16.9. The maximum Gasteiger partial charge on any atom is 0.433 e. The van der Waals surface area contributed by atoms with Crippen LogP contribution in [-0.4, -0.2) is 20.9 Å². The monoisotopic (exact) mass is 466 g/mol. The van der Waals surface area contributed by atoms with Crippen LogP contribution in [-0.2, 0) is 6.18 Å². The Bertz CT molecular complexity index is 1390. The van der Waals surface area contributed by atoms with Gasteiger partial charge in [-0.3, -0.25) is 5.32 Å². The highest BCUT2D eigenvalue weighted by Crippen LogP contribution is 2.43. The van der Waals surface area contributed by atoms with E-state index >= 15 is 0 Å². The van der Waals surface area contributed by atoms with Gasteiger partial charge in [0.05, 0.1) is 5.69 Å². The number of benzene rings is 1. The molecule has 1 aliphatic heterocycles. The molecule has 4 rings (SSSR count). The van der Waals surface area contributed by atoms with Crippen molar-refractivity contribution in [1.82, 2.24) is 20.3 Å². The second-order valence-corrected chi connectivity index (χ2v) is 6.76. The van der Waals surface area contributed by atoms with Gasteiger partial charge in [-0.2, -0.15) is 28.7 Å². The van der Waals surface area contributed by atoms with Crippen molar-refractivity contribution in [3.05, 3.63) is 58.9 Å². The van der Waals surface area contributed by atoms with Gasteiger partial charge in [-0.05, 0) is 12.1 Å². The first-order valence-electron chi connectivity index (χ1n) is 9.38. The summed E-state index contributed by atoms with van der Waals surface area (Å²) in [6.07, 6.45) is -2.05. The molecule has 1 aliphatic rings. The Morgan fingerprint density at radius 3 is 2.59 bits per heavy atom. The number of alkyl halides is 3. The van der Waals surface area contributed by atoms with Crippen LogP contribution in [0.1, 0.15) is 28.4 Å². The van der Waals surface area contributed by atoms with Gasteiger partial charge in [0.15, 0.2) is 11.9 Å². The Kier molecular flexibility index (Phi) is 5.48. The largest absolute Gasteiger partial charge is 0.433 e. The minimum atomic E-state index is -4.69. The van der Waals surface area contributed by atoms with Crippen molar-refractivity contribution in [2.45, 2.75) is 12.2 Å². The predicted molar refractivity (Wildman–Crippen MR) is 113 cm³/mol. The molecule has 1 aromatic carbocycles. The molecule has 0 saturated heterocycles. The zero-order chi connectivity index (χ0) is 24.5. The van der Waals surface area contributed by atoms with Crippen molar-refractivity contribution >= 4 is 23.3 Å². The average molecular weight is 466 g/mol. The number of nitrogen functional groups attached to an aromatic ring is 2. The SMILES string of the molecule is N#CNC1=NC(c2ccccc2Oc2nccc(C(F)(F)F)n2)c2c(nc(N)c(C#N)c2N)N1. The van der Waals surface area contributed by atoms with Gasteiger partial charge < -0.3 is 21.5 Å². The maximum absolute atomic E-state index is 13.0. The van der Waals surface area contributed by atoms with Gasteiger partial charge in [0.2, 0.25) is 5.96 Å². The van der Waals surface area contributed by atoms with Crippen LogP contribution in [0.15, 0.2) is 41.5 Å². The summed E-state index contributed by atoms with van der Waals surface area (Å²) in [6, 6.07) is 7.34. The van der Waals surface area contributed by atoms with Gasteiger partial charge >= 0.3 is 12.2 Å². The molecule has 0 saturated carbocycles. The molecule has 0 spiro atoms. The van der Waals surface area contributed by atoms with Gasteiger partial charge in [0.1, 0.15) is 35.1 Å². The second-order valence-electron chi connectivity index (χ2n) is 6.76. The number of aromatic nitrogens is 3. The standard InChI is InChI=1S/C20H13F3N10O/c21-20(22,23)12-5-6-28-19(30-12)34-11-4-2-1-3-9(11)15-13-14(26)10(7-24)16(27)32-17(13)33-18(31-15)29-8-25/h1-6,15H,(H6,26,27,29,31,32,33). The summed E-state index contributed by atoms with van der Waals surface area (Å²) in [6.45, 7) is 0. The van der Waals surface area contributed by atoms with E-state index in [2.05, 4.69) is 30.6 Å². The molecule has 3 aromatic rings. The number of para-hydroxylation sites is 1. The highest BCUT2D eigenvalue weighted by Gasteiger charge is 2.34. The number of anilines is 3. The molecular weight excluding hydrogens is 453 g/mol. The van der Waals surface area contributed by atoms with Crippen LogP contribution in [0.4, 0.5) is 30.5 Å². The molecule has 0 amide bonds. The predicted octanol–water partition coefficient (Wildman–Crippen LogP) is 2.66. The molecule has 3 heterocycles. The quantitative estimate of drug-likeness (QED) is 0.330. The number of nitrogens with two attached hydrogens (primary N) is 2. The van der Waals surface area contributed by atoms with E-state index in [0.717, 1.165) is 6.20 Å². The van der Waals surface area contributed by atoms with Crippen LogP contribution >= 0.6 is 0 Å². The molecule has 0 radical (unpaired) electrons. The molecule has 0 bridgehead atoms. The van der Waals surface area contributed by atoms with E-state index in [1.54, 1.807) is 24.4 Å².